The lowest BCUT2D eigenvalue weighted by Crippen LogP contribution is -2.09. The van der Waals surface area contributed by atoms with Gasteiger partial charge >= 0.3 is 0 Å². The van der Waals surface area contributed by atoms with E-state index < -0.39 is 0 Å². The first kappa shape index (κ1) is 15.8. The molecule has 3 nitrogen and oxygen atoms in total. The SMILES string of the molecule is c1ccc(C2N=C(c3ccc4ccccc4n3)OC2c2ccccc2)cc1. The van der Waals surface area contributed by atoms with Crippen molar-refractivity contribution in [3.63, 3.8) is 0 Å². The highest BCUT2D eigenvalue weighted by atomic mass is 16.5. The molecular formula is C24H18N2O. The summed E-state index contributed by atoms with van der Waals surface area (Å²) in [6.07, 6.45) is -0.156. The van der Waals surface area contributed by atoms with E-state index in [1.54, 1.807) is 0 Å². The maximum atomic E-state index is 6.34. The predicted molar refractivity (Wildman–Crippen MR) is 108 cm³/mol. The standard InChI is InChI=1S/C24H18N2O/c1-3-10-18(11-4-1)22-23(19-12-5-2-6-13-19)27-24(26-22)21-16-15-17-9-7-8-14-20(17)25-21/h1-16,22-23H. The summed E-state index contributed by atoms with van der Waals surface area (Å²) in [7, 11) is 0. The van der Waals surface area contributed by atoms with Gasteiger partial charge in [-0.2, -0.15) is 0 Å². The van der Waals surface area contributed by atoms with E-state index in [1.165, 1.54) is 0 Å². The minimum absolute atomic E-state index is 0.0862. The maximum absolute atomic E-state index is 6.34. The average Bonchev–Trinajstić information content (AvgIpc) is 3.20. The molecule has 0 N–H and O–H groups in total. The van der Waals surface area contributed by atoms with Crippen LogP contribution in [0.15, 0.2) is 102 Å². The Labute approximate surface area is 158 Å². The molecule has 3 heteroatoms. The molecular weight excluding hydrogens is 332 g/mol. The number of benzene rings is 3. The molecule has 0 fully saturated rings. The molecule has 1 aromatic heterocycles. The van der Waals surface area contributed by atoms with E-state index in [1.807, 2.05) is 60.7 Å². The van der Waals surface area contributed by atoms with Crippen molar-refractivity contribution in [3.8, 4) is 0 Å². The third-order valence-electron chi connectivity index (χ3n) is 4.87. The van der Waals surface area contributed by atoms with Crippen LogP contribution in [-0.2, 0) is 4.74 Å². The summed E-state index contributed by atoms with van der Waals surface area (Å²) in [4.78, 5) is 9.68. The average molecular weight is 350 g/mol. The van der Waals surface area contributed by atoms with Crippen LogP contribution in [0.25, 0.3) is 10.9 Å². The normalized spacial score (nSPS) is 18.9. The van der Waals surface area contributed by atoms with Gasteiger partial charge in [-0.1, -0.05) is 84.9 Å². The molecule has 0 amide bonds. The van der Waals surface area contributed by atoms with Gasteiger partial charge in [-0.25, -0.2) is 9.98 Å². The Kier molecular flexibility index (Phi) is 3.91. The number of fused-ring (bicyclic) bond motifs is 1. The van der Waals surface area contributed by atoms with E-state index in [0.29, 0.717) is 5.90 Å². The van der Waals surface area contributed by atoms with Gasteiger partial charge in [0.15, 0.2) is 6.10 Å². The first-order valence-corrected chi connectivity index (χ1v) is 9.09. The van der Waals surface area contributed by atoms with Crippen LogP contribution in [0.4, 0.5) is 0 Å². The molecule has 1 aliphatic rings. The molecule has 2 heterocycles. The molecule has 3 aromatic carbocycles. The van der Waals surface area contributed by atoms with Crippen LogP contribution in [-0.4, -0.2) is 10.9 Å². The number of pyridine rings is 1. The molecule has 130 valence electrons. The van der Waals surface area contributed by atoms with Crippen LogP contribution in [0, 0.1) is 0 Å². The number of hydrogen-bond acceptors (Lipinski definition) is 3. The van der Waals surface area contributed by atoms with Crippen molar-refractivity contribution in [2.75, 3.05) is 0 Å². The summed E-state index contributed by atoms with van der Waals surface area (Å²) in [5.41, 5.74) is 3.97. The molecule has 0 spiro atoms. The molecule has 1 aliphatic heterocycles. The lowest BCUT2D eigenvalue weighted by molar-refractivity contribution is 0.196. The topological polar surface area (TPSA) is 34.5 Å². The van der Waals surface area contributed by atoms with Gasteiger partial charge in [0.05, 0.1) is 5.52 Å². The van der Waals surface area contributed by atoms with Crippen LogP contribution in [0.2, 0.25) is 0 Å². The second kappa shape index (κ2) is 6.69. The number of para-hydroxylation sites is 1. The first-order chi connectivity index (χ1) is 13.4. The van der Waals surface area contributed by atoms with Gasteiger partial charge in [0.25, 0.3) is 0 Å². The van der Waals surface area contributed by atoms with Gasteiger partial charge in [0.1, 0.15) is 11.7 Å². The Morgan fingerprint density at radius 1 is 0.630 bits per heavy atom. The first-order valence-electron chi connectivity index (χ1n) is 9.09. The van der Waals surface area contributed by atoms with Crippen molar-refractivity contribution >= 4 is 16.8 Å². The van der Waals surface area contributed by atoms with E-state index in [-0.39, 0.29) is 12.1 Å². The minimum Gasteiger partial charge on any atom is -0.465 e. The quantitative estimate of drug-likeness (QED) is 0.489. The molecule has 0 aliphatic carbocycles. The molecule has 0 saturated heterocycles. The third kappa shape index (κ3) is 2.97. The summed E-state index contributed by atoms with van der Waals surface area (Å²) in [5.74, 6) is 0.600. The van der Waals surface area contributed by atoms with Crippen LogP contribution in [0.5, 0.6) is 0 Å². The maximum Gasteiger partial charge on any atom is 0.236 e. The molecule has 2 atom stereocenters. The molecule has 5 rings (SSSR count). The van der Waals surface area contributed by atoms with E-state index in [4.69, 9.17) is 14.7 Å². The number of rotatable bonds is 3. The highest BCUT2D eigenvalue weighted by molar-refractivity contribution is 5.96. The molecule has 0 saturated carbocycles. The fraction of sp³-hybridized carbons (Fsp3) is 0.0833. The molecule has 2 unspecified atom stereocenters. The van der Waals surface area contributed by atoms with Crippen molar-refractivity contribution < 1.29 is 4.74 Å². The minimum atomic E-state index is -0.156. The second-order valence-electron chi connectivity index (χ2n) is 6.63. The van der Waals surface area contributed by atoms with Crippen LogP contribution < -0.4 is 0 Å². The molecule has 27 heavy (non-hydrogen) atoms. The molecule has 0 bridgehead atoms. The van der Waals surface area contributed by atoms with Gasteiger partial charge < -0.3 is 4.74 Å². The van der Waals surface area contributed by atoms with Crippen molar-refractivity contribution in [2.24, 2.45) is 4.99 Å². The largest absolute Gasteiger partial charge is 0.465 e. The lowest BCUT2D eigenvalue weighted by atomic mass is 9.97. The Bertz CT molecular complexity index is 1110. The lowest BCUT2D eigenvalue weighted by Gasteiger charge is -2.18. The second-order valence-corrected chi connectivity index (χ2v) is 6.63. The zero-order chi connectivity index (χ0) is 18.1. The van der Waals surface area contributed by atoms with E-state index in [2.05, 4.69) is 36.4 Å². The van der Waals surface area contributed by atoms with Gasteiger partial charge in [-0.05, 0) is 23.3 Å². The smallest absolute Gasteiger partial charge is 0.236 e. The molecule has 4 aromatic rings. The van der Waals surface area contributed by atoms with Gasteiger partial charge in [0.2, 0.25) is 5.90 Å². The zero-order valence-electron chi connectivity index (χ0n) is 14.7. The fourth-order valence-electron chi connectivity index (χ4n) is 3.51. The van der Waals surface area contributed by atoms with Crippen molar-refractivity contribution in [3.05, 3.63) is 114 Å². The Balaban J connectivity index is 1.58. The van der Waals surface area contributed by atoms with Crippen molar-refractivity contribution in [2.45, 2.75) is 12.1 Å². The van der Waals surface area contributed by atoms with E-state index in [0.717, 1.165) is 27.7 Å². The summed E-state index contributed by atoms with van der Waals surface area (Å²) in [6.45, 7) is 0. The highest BCUT2D eigenvalue weighted by Gasteiger charge is 2.34. The zero-order valence-corrected chi connectivity index (χ0v) is 14.7. The van der Waals surface area contributed by atoms with Crippen LogP contribution in [0.3, 0.4) is 0 Å². The summed E-state index contributed by atoms with van der Waals surface area (Å²) in [5, 5.41) is 1.11. The number of ether oxygens (including phenoxy) is 1. The summed E-state index contributed by atoms with van der Waals surface area (Å²) >= 11 is 0. The third-order valence-corrected chi connectivity index (χ3v) is 4.87. The Morgan fingerprint density at radius 3 is 2.07 bits per heavy atom. The Hall–Kier alpha value is -3.46. The summed E-state index contributed by atoms with van der Waals surface area (Å²) < 4.78 is 6.34. The Morgan fingerprint density at radius 2 is 1.30 bits per heavy atom. The van der Waals surface area contributed by atoms with E-state index in [9.17, 15) is 0 Å². The van der Waals surface area contributed by atoms with Crippen molar-refractivity contribution in [1.82, 2.24) is 4.98 Å². The summed E-state index contributed by atoms with van der Waals surface area (Å²) in [6, 6.07) is 32.6. The van der Waals surface area contributed by atoms with Gasteiger partial charge in [-0.15, -0.1) is 0 Å². The monoisotopic (exact) mass is 350 g/mol. The number of aliphatic imine (C=N–C) groups is 1. The number of aromatic nitrogens is 1. The number of hydrogen-bond donors (Lipinski definition) is 0. The molecule has 0 radical (unpaired) electrons. The highest BCUT2D eigenvalue weighted by Crippen LogP contribution is 2.40. The van der Waals surface area contributed by atoms with Gasteiger partial charge in [0, 0.05) is 5.39 Å². The van der Waals surface area contributed by atoms with Gasteiger partial charge in [-0.3, -0.25) is 0 Å². The number of nitrogens with zero attached hydrogens (tertiary/aromatic N) is 2. The van der Waals surface area contributed by atoms with Crippen LogP contribution in [0.1, 0.15) is 29.0 Å². The predicted octanol–water partition coefficient (Wildman–Crippen LogP) is 5.49. The van der Waals surface area contributed by atoms with Crippen molar-refractivity contribution in [1.29, 1.82) is 0 Å². The van der Waals surface area contributed by atoms with E-state index >= 15 is 0 Å². The van der Waals surface area contributed by atoms with Crippen LogP contribution >= 0.6 is 0 Å². The fourth-order valence-corrected chi connectivity index (χ4v) is 3.51.